The highest BCUT2D eigenvalue weighted by Crippen LogP contribution is 2.51. The van der Waals surface area contributed by atoms with Crippen molar-refractivity contribution in [3.63, 3.8) is 0 Å². The van der Waals surface area contributed by atoms with E-state index < -0.39 is 17.1 Å². The molecular formula is C30H32FN5O2. The second kappa shape index (κ2) is 8.36. The van der Waals surface area contributed by atoms with Crippen molar-refractivity contribution in [2.45, 2.75) is 59.0 Å². The molecule has 2 aromatic heterocycles. The quantitative estimate of drug-likeness (QED) is 0.407. The first-order valence-corrected chi connectivity index (χ1v) is 13.0. The fourth-order valence-corrected chi connectivity index (χ4v) is 5.72. The Labute approximate surface area is 221 Å². The fraction of sp³-hybridized carbons (Fsp3) is 0.367. The molecule has 1 fully saturated rings. The predicted octanol–water partition coefficient (Wildman–Crippen LogP) is 5.83. The molecule has 1 amide bonds. The number of anilines is 2. The average Bonchev–Trinajstić information content (AvgIpc) is 3.61. The van der Waals surface area contributed by atoms with Gasteiger partial charge in [-0.15, -0.1) is 0 Å². The Bertz CT molecular complexity index is 1590. The van der Waals surface area contributed by atoms with Crippen LogP contribution in [0.5, 0.6) is 0 Å². The molecule has 3 aliphatic rings. The monoisotopic (exact) mass is 513 g/mol. The number of aromatic nitrogens is 3. The van der Waals surface area contributed by atoms with E-state index in [0.29, 0.717) is 40.5 Å². The first kappa shape index (κ1) is 24.6. The summed E-state index contributed by atoms with van der Waals surface area (Å²) in [6, 6.07) is 7.40. The molecule has 2 aliphatic carbocycles. The Morgan fingerprint density at radius 3 is 2.71 bits per heavy atom. The Hall–Kier alpha value is -3.78. The summed E-state index contributed by atoms with van der Waals surface area (Å²) in [6.07, 6.45) is 8.00. The van der Waals surface area contributed by atoms with Crippen molar-refractivity contribution in [2.75, 3.05) is 10.6 Å². The summed E-state index contributed by atoms with van der Waals surface area (Å²) in [7, 11) is 0. The molecule has 1 atom stereocenters. The van der Waals surface area contributed by atoms with Crippen molar-refractivity contribution in [1.29, 1.82) is 0 Å². The molecule has 1 unspecified atom stereocenters. The fourth-order valence-electron chi connectivity index (χ4n) is 5.72. The zero-order chi connectivity index (χ0) is 27.0. The smallest absolute Gasteiger partial charge is 0.262 e. The van der Waals surface area contributed by atoms with Gasteiger partial charge in [0.1, 0.15) is 11.5 Å². The molecule has 3 heterocycles. The van der Waals surface area contributed by atoms with E-state index in [0.717, 1.165) is 29.5 Å². The molecule has 3 aromatic rings. The Balaban J connectivity index is 1.49. The van der Waals surface area contributed by atoms with Crippen molar-refractivity contribution < 1.29 is 14.3 Å². The van der Waals surface area contributed by atoms with E-state index in [1.165, 1.54) is 4.90 Å². The van der Waals surface area contributed by atoms with E-state index in [-0.39, 0.29) is 23.5 Å². The van der Waals surface area contributed by atoms with Crippen molar-refractivity contribution in [2.24, 2.45) is 11.3 Å². The summed E-state index contributed by atoms with van der Waals surface area (Å²) in [5.41, 5.74) is 10.2. The standard InChI is InChI=1S/C30H32FN5O2/c1-29(2,3)23-13-19-25(34-28(32)35-26(19)33-23)18-6-5-7-22(20(18)15-37)36-11-10-30(4)14-17(16-8-9-16)12-21(31)24(30)27(36)38/h5-7,10-13,16,37H,8-9,14-15H2,1-4H3,(H3,32,33,34,35). The lowest BCUT2D eigenvalue weighted by Crippen LogP contribution is -2.40. The molecule has 1 aromatic carbocycles. The normalized spacial score (nSPS) is 21.8. The lowest BCUT2D eigenvalue weighted by Gasteiger charge is -2.39. The maximum absolute atomic E-state index is 15.4. The van der Waals surface area contributed by atoms with Gasteiger partial charge in [-0.1, -0.05) is 51.5 Å². The average molecular weight is 514 g/mol. The van der Waals surface area contributed by atoms with E-state index >= 15 is 4.39 Å². The van der Waals surface area contributed by atoms with Crippen LogP contribution in [0, 0.1) is 11.3 Å². The number of H-pyrrole nitrogens is 1. The number of hydrogen-bond acceptors (Lipinski definition) is 5. The van der Waals surface area contributed by atoms with Gasteiger partial charge in [0.05, 0.1) is 23.6 Å². The van der Waals surface area contributed by atoms with E-state index in [9.17, 15) is 9.90 Å². The molecule has 196 valence electrons. The number of allylic oxidation sites excluding steroid dienone is 4. The molecule has 0 saturated heterocycles. The van der Waals surface area contributed by atoms with Gasteiger partial charge >= 0.3 is 0 Å². The number of aliphatic hydroxyl groups is 1. The Kier molecular flexibility index (Phi) is 5.40. The highest BCUT2D eigenvalue weighted by atomic mass is 19.1. The summed E-state index contributed by atoms with van der Waals surface area (Å²) < 4.78 is 15.4. The van der Waals surface area contributed by atoms with E-state index in [2.05, 4.69) is 35.7 Å². The summed E-state index contributed by atoms with van der Waals surface area (Å²) in [6.45, 7) is 7.86. The predicted molar refractivity (Wildman–Crippen MR) is 147 cm³/mol. The topological polar surface area (TPSA) is 108 Å². The number of amides is 1. The van der Waals surface area contributed by atoms with Gasteiger partial charge in [0.2, 0.25) is 5.95 Å². The molecule has 0 spiro atoms. The third-order valence-electron chi connectivity index (χ3n) is 7.96. The first-order chi connectivity index (χ1) is 18.0. The summed E-state index contributed by atoms with van der Waals surface area (Å²) in [5.74, 6) is -0.354. The number of aromatic amines is 1. The van der Waals surface area contributed by atoms with Crippen LogP contribution in [0.25, 0.3) is 22.3 Å². The molecule has 6 rings (SSSR count). The molecule has 1 aliphatic heterocycles. The number of halogens is 1. The molecule has 8 heteroatoms. The van der Waals surface area contributed by atoms with Gasteiger partial charge in [-0.05, 0) is 43.4 Å². The number of fused-ring (bicyclic) bond motifs is 2. The SMILES string of the molecule is CC12C=CN(c3cccc(-c4nc(N)nc5[nH]c(C(C)(C)C)cc45)c3CO)C(=O)C1=C(F)C=C(C1CC1)C2. The van der Waals surface area contributed by atoms with Crippen LogP contribution in [0.1, 0.15) is 58.2 Å². The first-order valence-electron chi connectivity index (χ1n) is 13.0. The molecule has 4 N–H and O–H groups in total. The molecular weight excluding hydrogens is 481 g/mol. The summed E-state index contributed by atoms with van der Waals surface area (Å²) in [5, 5.41) is 11.3. The summed E-state index contributed by atoms with van der Waals surface area (Å²) >= 11 is 0. The molecule has 7 nitrogen and oxygen atoms in total. The molecule has 0 bridgehead atoms. The van der Waals surface area contributed by atoms with Crippen molar-refractivity contribution in [3.8, 4) is 11.3 Å². The number of nitrogen functional groups attached to an aromatic ring is 1. The van der Waals surface area contributed by atoms with Gasteiger partial charge in [0.25, 0.3) is 5.91 Å². The van der Waals surface area contributed by atoms with Gasteiger partial charge < -0.3 is 15.8 Å². The second-order valence-corrected chi connectivity index (χ2v) is 11.9. The maximum Gasteiger partial charge on any atom is 0.262 e. The highest BCUT2D eigenvalue weighted by Gasteiger charge is 2.45. The summed E-state index contributed by atoms with van der Waals surface area (Å²) in [4.78, 5) is 27.5. The van der Waals surface area contributed by atoms with Gasteiger partial charge in [0.15, 0.2) is 0 Å². The second-order valence-electron chi connectivity index (χ2n) is 11.9. The lowest BCUT2D eigenvalue weighted by atomic mass is 9.70. The van der Waals surface area contributed by atoms with E-state index in [4.69, 9.17) is 5.73 Å². The third-order valence-corrected chi connectivity index (χ3v) is 7.96. The van der Waals surface area contributed by atoms with Gasteiger partial charge in [-0.2, -0.15) is 4.98 Å². The highest BCUT2D eigenvalue weighted by molar-refractivity contribution is 6.11. The lowest BCUT2D eigenvalue weighted by molar-refractivity contribution is -0.115. The minimum Gasteiger partial charge on any atom is -0.392 e. The molecule has 0 radical (unpaired) electrons. The number of nitrogens with zero attached hydrogens (tertiary/aromatic N) is 3. The van der Waals surface area contributed by atoms with Crippen LogP contribution in [-0.4, -0.2) is 26.0 Å². The Morgan fingerprint density at radius 1 is 1.26 bits per heavy atom. The number of benzene rings is 1. The van der Waals surface area contributed by atoms with Crippen LogP contribution in [-0.2, 0) is 16.8 Å². The van der Waals surface area contributed by atoms with Crippen LogP contribution in [0.2, 0.25) is 0 Å². The molecule has 38 heavy (non-hydrogen) atoms. The largest absolute Gasteiger partial charge is 0.392 e. The number of nitrogens with two attached hydrogens (primary N) is 1. The zero-order valence-corrected chi connectivity index (χ0v) is 22.1. The van der Waals surface area contributed by atoms with Gasteiger partial charge in [-0.3, -0.25) is 9.69 Å². The van der Waals surface area contributed by atoms with E-state index in [1.54, 1.807) is 24.4 Å². The number of carbonyl (C=O) groups excluding carboxylic acids is 1. The third kappa shape index (κ3) is 3.86. The minimum atomic E-state index is -0.691. The van der Waals surface area contributed by atoms with Gasteiger partial charge in [0, 0.05) is 39.2 Å². The van der Waals surface area contributed by atoms with Crippen LogP contribution >= 0.6 is 0 Å². The van der Waals surface area contributed by atoms with Crippen LogP contribution in [0.4, 0.5) is 16.0 Å². The van der Waals surface area contributed by atoms with Crippen molar-refractivity contribution in [1.82, 2.24) is 15.0 Å². The van der Waals surface area contributed by atoms with Crippen molar-refractivity contribution in [3.05, 3.63) is 70.8 Å². The van der Waals surface area contributed by atoms with Crippen LogP contribution in [0.15, 0.2) is 59.6 Å². The zero-order valence-electron chi connectivity index (χ0n) is 22.1. The maximum atomic E-state index is 15.4. The minimum absolute atomic E-state index is 0.0986. The number of nitrogens with one attached hydrogen (secondary N) is 1. The number of carbonyl (C=O) groups is 1. The Morgan fingerprint density at radius 2 is 2.03 bits per heavy atom. The molecule has 1 saturated carbocycles. The van der Waals surface area contributed by atoms with Crippen LogP contribution in [0.3, 0.4) is 0 Å². The number of aliphatic hydroxyl groups excluding tert-OH is 1. The van der Waals surface area contributed by atoms with Crippen LogP contribution < -0.4 is 10.6 Å². The van der Waals surface area contributed by atoms with Gasteiger partial charge in [-0.25, -0.2) is 9.37 Å². The van der Waals surface area contributed by atoms with E-state index in [1.807, 2.05) is 25.1 Å². The number of hydrogen-bond donors (Lipinski definition) is 3. The number of rotatable bonds is 4. The van der Waals surface area contributed by atoms with Crippen molar-refractivity contribution >= 4 is 28.6 Å².